The van der Waals surface area contributed by atoms with Crippen LogP contribution >= 0.6 is 15.9 Å². The minimum atomic E-state index is 0.332. The molecular formula is C14H16BrN3O. The van der Waals surface area contributed by atoms with Crippen LogP contribution in [0.25, 0.3) is 11.3 Å². The maximum Gasteiger partial charge on any atom is 0.128 e. The third kappa shape index (κ3) is 2.40. The molecule has 1 aliphatic rings. The van der Waals surface area contributed by atoms with Crippen LogP contribution in [0.4, 0.5) is 0 Å². The number of imidazole rings is 1. The molecule has 0 saturated heterocycles. The molecule has 3 rings (SSSR count). The fourth-order valence-corrected chi connectivity index (χ4v) is 2.82. The zero-order valence-corrected chi connectivity index (χ0v) is 12.3. The number of halogens is 1. The van der Waals surface area contributed by atoms with Crippen LogP contribution in [0.15, 0.2) is 28.9 Å². The average molecular weight is 322 g/mol. The molecule has 0 atom stereocenters. The van der Waals surface area contributed by atoms with Gasteiger partial charge in [-0.1, -0.05) is 15.9 Å². The Morgan fingerprint density at radius 2 is 2.21 bits per heavy atom. The highest BCUT2D eigenvalue weighted by molar-refractivity contribution is 9.10. The maximum atomic E-state index is 5.82. The van der Waals surface area contributed by atoms with E-state index in [1.165, 1.54) is 0 Å². The summed E-state index contributed by atoms with van der Waals surface area (Å²) in [7, 11) is 1.68. The highest BCUT2D eigenvalue weighted by atomic mass is 79.9. The molecule has 1 heterocycles. The number of hydrogen-bond donors (Lipinski definition) is 2. The van der Waals surface area contributed by atoms with Crippen molar-refractivity contribution in [3.8, 4) is 17.0 Å². The molecule has 19 heavy (non-hydrogen) atoms. The summed E-state index contributed by atoms with van der Waals surface area (Å²) in [6.07, 6.45) is 3.90. The minimum Gasteiger partial charge on any atom is -0.496 e. The van der Waals surface area contributed by atoms with Gasteiger partial charge in [0, 0.05) is 22.0 Å². The zero-order chi connectivity index (χ0) is 13.4. The Morgan fingerprint density at radius 3 is 2.89 bits per heavy atom. The maximum absolute atomic E-state index is 5.82. The van der Waals surface area contributed by atoms with Crippen molar-refractivity contribution < 1.29 is 4.74 Å². The number of H-pyrrole nitrogens is 1. The van der Waals surface area contributed by atoms with Crippen molar-refractivity contribution in [1.29, 1.82) is 0 Å². The van der Waals surface area contributed by atoms with Crippen LogP contribution in [0, 0.1) is 0 Å². The van der Waals surface area contributed by atoms with E-state index in [0.29, 0.717) is 12.0 Å². The molecule has 0 amide bonds. The quantitative estimate of drug-likeness (QED) is 0.913. The van der Waals surface area contributed by atoms with Gasteiger partial charge in [-0.2, -0.15) is 0 Å². The molecule has 1 saturated carbocycles. The van der Waals surface area contributed by atoms with Gasteiger partial charge in [-0.3, -0.25) is 0 Å². The van der Waals surface area contributed by atoms with Gasteiger partial charge in [-0.25, -0.2) is 4.98 Å². The van der Waals surface area contributed by atoms with E-state index in [1.807, 2.05) is 24.4 Å². The third-order valence-electron chi connectivity index (χ3n) is 3.61. The number of nitrogens with two attached hydrogens (primary N) is 1. The Morgan fingerprint density at radius 1 is 1.42 bits per heavy atom. The molecular weight excluding hydrogens is 306 g/mol. The monoisotopic (exact) mass is 321 g/mol. The molecule has 3 N–H and O–H groups in total. The fourth-order valence-electron chi connectivity index (χ4n) is 2.46. The van der Waals surface area contributed by atoms with Crippen molar-refractivity contribution in [2.45, 2.75) is 24.8 Å². The van der Waals surface area contributed by atoms with Gasteiger partial charge < -0.3 is 15.5 Å². The van der Waals surface area contributed by atoms with E-state index in [9.17, 15) is 0 Å². The molecule has 1 aromatic carbocycles. The standard InChI is InChI=1S/C14H16BrN3O/c1-19-13-3-2-9(15)6-11(13)12-7-17-14(18-12)8-4-10(16)5-8/h2-3,6-8,10H,4-5,16H2,1H3,(H,17,18). The molecule has 4 nitrogen and oxygen atoms in total. The van der Waals surface area contributed by atoms with Crippen molar-refractivity contribution in [1.82, 2.24) is 9.97 Å². The Kier molecular flexibility index (Phi) is 3.33. The third-order valence-corrected chi connectivity index (χ3v) is 4.10. The van der Waals surface area contributed by atoms with Gasteiger partial charge in [0.15, 0.2) is 0 Å². The van der Waals surface area contributed by atoms with Gasteiger partial charge in [0.25, 0.3) is 0 Å². The molecule has 2 aromatic rings. The van der Waals surface area contributed by atoms with Gasteiger partial charge in [0.2, 0.25) is 0 Å². The first kappa shape index (κ1) is 12.7. The lowest BCUT2D eigenvalue weighted by Gasteiger charge is -2.30. The van der Waals surface area contributed by atoms with E-state index in [4.69, 9.17) is 10.5 Å². The number of hydrogen-bond acceptors (Lipinski definition) is 3. The summed E-state index contributed by atoms with van der Waals surface area (Å²) in [6, 6.07) is 6.27. The number of nitrogens with zero attached hydrogens (tertiary/aromatic N) is 1. The van der Waals surface area contributed by atoms with Crippen LogP contribution in [0.2, 0.25) is 0 Å². The topological polar surface area (TPSA) is 63.9 Å². The second-order valence-electron chi connectivity index (χ2n) is 4.96. The van der Waals surface area contributed by atoms with Crippen LogP contribution in [0.5, 0.6) is 5.75 Å². The second kappa shape index (κ2) is 4.98. The predicted octanol–water partition coefficient (Wildman–Crippen LogP) is 3.05. The molecule has 1 aliphatic carbocycles. The molecule has 1 aromatic heterocycles. The summed E-state index contributed by atoms with van der Waals surface area (Å²) in [5, 5.41) is 0. The smallest absolute Gasteiger partial charge is 0.128 e. The normalized spacial score (nSPS) is 22.1. The number of nitrogens with one attached hydrogen (secondary N) is 1. The predicted molar refractivity (Wildman–Crippen MR) is 78.2 cm³/mol. The van der Waals surface area contributed by atoms with Gasteiger partial charge >= 0.3 is 0 Å². The van der Waals surface area contributed by atoms with Crippen LogP contribution in [-0.2, 0) is 0 Å². The molecule has 1 fully saturated rings. The number of aromatic nitrogens is 2. The Hall–Kier alpha value is -1.33. The lowest BCUT2D eigenvalue weighted by atomic mass is 9.80. The van der Waals surface area contributed by atoms with Gasteiger partial charge in [-0.15, -0.1) is 0 Å². The van der Waals surface area contributed by atoms with Crippen LogP contribution in [0.1, 0.15) is 24.6 Å². The highest BCUT2D eigenvalue weighted by Crippen LogP contribution is 2.36. The van der Waals surface area contributed by atoms with Crippen molar-refractivity contribution >= 4 is 15.9 Å². The van der Waals surface area contributed by atoms with Crippen LogP contribution < -0.4 is 10.5 Å². The van der Waals surface area contributed by atoms with Crippen molar-refractivity contribution in [2.75, 3.05) is 7.11 Å². The number of methoxy groups -OCH3 is 1. The second-order valence-corrected chi connectivity index (χ2v) is 5.87. The summed E-state index contributed by atoms with van der Waals surface area (Å²) in [5.74, 6) is 2.34. The van der Waals surface area contributed by atoms with E-state index in [-0.39, 0.29) is 0 Å². The van der Waals surface area contributed by atoms with Crippen LogP contribution in [0.3, 0.4) is 0 Å². The molecule has 5 heteroatoms. The number of benzene rings is 1. The SMILES string of the molecule is COc1ccc(Br)cc1-c1cnc(C2CC(N)C2)[nH]1. The Bertz CT molecular complexity index is 590. The zero-order valence-electron chi connectivity index (χ0n) is 10.7. The minimum absolute atomic E-state index is 0.332. The van der Waals surface area contributed by atoms with Crippen LogP contribution in [-0.4, -0.2) is 23.1 Å². The molecule has 0 unspecified atom stereocenters. The van der Waals surface area contributed by atoms with Gasteiger partial charge in [0.1, 0.15) is 11.6 Å². The first-order valence-corrected chi connectivity index (χ1v) is 7.11. The lowest BCUT2D eigenvalue weighted by molar-refractivity contribution is 0.340. The highest BCUT2D eigenvalue weighted by Gasteiger charge is 2.29. The summed E-state index contributed by atoms with van der Waals surface area (Å²) < 4.78 is 6.41. The first-order chi connectivity index (χ1) is 9.17. The van der Waals surface area contributed by atoms with E-state index in [1.54, 1.807) is 7.11 Å². The largest absolute Gasteiger partial charge is 0.496 e. The molecule has 0 bridgehead atoms. The molecule has 0 radical (unpaired) electrons. The summed E-state index contributed by atoms with van der Waals surface area (Å²) in [5.41, 5.74) is 7.82. The lowest BCUT2D eigenvalue weighted by Crippen LogP contribution is -2.35. The number of rotatable bonds is 3. The van der Waals surface area contributed by atoms with E-state index < -0.39 is 0 Å². The molecule has 100 valence electrons. The number of aromatic amines is 1. The van der Waals surface area contributed by atoms with E-state index in [0.717, 1.165) is 40.1 Å². The van der Waals surface area contributed by atoms with E-state index >= 15 is 0 Å². The molecule has 0 aliphatic heterocycles. The summed E-state index contributed by atoms with van der Waals surface area (Å²) in [6.45, 7) is 0. The summed E-state index contributed by atoms with van der Waals surface area (Å²) >= 11 is 3.48. The fraction of sp³-hybridized carbons (Fsp3) is 0.357. The first-order valence-electron chi connectivity index (χ1n) is 6.31. The Labute approximate surface area is 120 Å². The van der Waals surface area contributed by atoms with Crippen molar-refractivity contribution in [2.24, 2.45) is 5.73 Å². The van der Waals surface area contributed by atoms with E-state index in [2.05, 4.69) is 25.9 Å². The average Bonchev–Trinajstić information content (AvgIpc) is 2.84. The van der Waals surface area contributed by atoms with Crippen molar-refractivity contribution in [3.05, 3.63) is 34.7 Å². The van der Waals surface area contributed by atoms with Gasteiger partial charge in [0.05, 0.1) is 19.0 Å². The summed E-state index contributed by atoms with van der Waals surface area (Å²) in [4.78, 5) is 7.86. The van der Waals surface area contributed by atoms with Gasteiger partial charge in [-0.05, 0) is 31.0 Å². The Balaban J connectivity index is 1.92. The molecule has 0 spiro atoms. The van der Waals surface area contributed by atoms with Crippen molar-refractivity contribution in [3.63, 3.8) is 0 Å². The number of ether oxygens (including phenoxy) is 1.